The summed E-state index contributed by atoms with van der Waals surface area (Å²) < 4.78 is 18.0. The maximum atomic E-state index is 13.0. The fourth-order valence-corrected chi connectivity index (χ4v) is 1.36. The number of nitro groups is 1. The number of alkyl carbamates (subject to hydrolysis) is 1. The Morgan fingerprint density at radius 1 is 1.47 bits per heavy atom. The zero-order chi connectivity index (χ0) is 14.6. The highest BCUT2D eigenvalue weighted by Gasteiger charge is 2.18. The molecule has 0 spiro atoms. The van der Waals surface area contributed by atoms with Gasteiger partial charge < -0.3 is 10.1 Å². The Morgan fingerprint density at radius 2 is 2.11 bits per heavy atom. The standard InChI is InChI=1S/C12H15FN2O4/c1-12(2,3)19-11(16)14-7-8-6-9(13)4-5-10(8)15(17)18/h4-6H,7H2,1-3H3,(H,14,16). The lowest BCUT2D eigenvalue weighted by Crippen LogP contribution is -2.32. The number of carbonyl (C=O) groups is 1. The van der Waals surface area contributed by atoms with Crippen LogP contribution in [0.3, 0.4) is 0 Å². The topological polar surface area (TPSA) is 81.5 Å². The minimum absolute atomic E-state index is 0.0795. The maximum absolute atomic E-state index is 13.0. The number of hydrogen-bond donors (Lipinski definition) is 1. The maximum Gasteiger partial charge on any atom is 0.407 e. The molecule has 1 aromatic carbocycles. The molecule has 1 aromatic rings. The number of carbonyl (C=O) groups excluding carboxylic acids is 1. The normalized spacial score (nSPS) is 10.9. The van der Waals surface area contributed by atoms with Gasteiger partial charge in [-0.2, -0.15) is 0 Å². The third kappa shape index (κ3) is 4.90. The summed E-state index contributed by atoms with van der Waals surface area (Å²) in [6.07, 6.45) is -0.717. The van der Waals surface area contributed by atoms with Gasteiger partial charge in [0.05, 0.1) is 17.0 Å². The molecule has 0 saturated heterocycles. The first-order valence-corrected chi connectivity index (χ1v) is 5.59. The van der Waals surface area contributed by atoms with E-state index < -0.39 is 22.4 Å². The molecule has 0 atom stereocenters. The number of amides is 1. The first-order chi connectivity index (χ1) is 8.69. The van der Waals surface area contributed by atoms with Gasteiger partial charge in [-0.3, -0.25) is 10.1 Å². The number of hydrogen-bond acceptors (Lipinski definition) is 4. The van der Waals surface area contributed by atoms with Crippen molar-refractivity contribution >= 4 is 11.8 Å². The van der Waals surface area contributed by atoms with E-state index in [9.17, 15) is 19.3 Å². The van der Waals surface area contributed by atoms with Crippen LogP contribution in [-0.2, 0) is 11.3 Å². The van der Waals surface area contributed by atoms with E-state index in [2.05, 4.69) is 5.32 Å². The average Bonchev–Trinajstić information content (AvgIpc) is 2.23. The molecular formula is C12H15FN2O4. The number of ether oxygens (including phenoxy) is 1. The summed E-state index contributed by atoms with van der Waals surface area (Å²) in [5.41, 5.74) is -0.842. The van der Waals surface area contributed by atoms with E-state index in [-0.39, 0.29) is 17.8 Å². The van der Waals surface area contributed by atoms with Crippen LogP contribution in [0.5, 0.6) is 0 Å². The minimum atomic E-state index is -0.717. The summed E-state index contributed by atoms with van der Waals surface area (Å²) in [4.78, 5) is 21.5. The second-order valence-electron chi connectivity index (χ2n) is 4.89. The van der Waals surface area contributed by atoms with E-state index in [1.165, 1.54) is 0 Å². The molecule has 19 heavy (non-hydrogen) atoms. The van der Waals surface area contributed by atoms with E-state index >= 15 is 0 Å². The summed E-state index contributed by atoms with van der Waals surface area (Å²) in [5, 5.41) is 13.1. The fourth-order valence-electron chi connectivity index (χ4n) is 1.36. The molecular weight excluding hydrogens is 255 g/mol. The van der Waals surface area contributed by atoms with Crippen LogP contribution >= 0.6 is 0 Å². The lowest BCUT2D eigenvalue weighted by Gasteiger charge is -2.19. The number of halogens is 1. The molecule has 0 bridgehead atoms. The molecule has 104 valence electrons. The van der Waals surface area contributed by atoms with Crippen molar-refractivity contribution in [2.45, 2.75) is 32.9 Å². The molecule has 6 nitrogen and oxygen atoms in total. The highest BCUT2D eigenvalue weighted by atomic mass is 19.1. The number of nitro benzene ring substituents is 1. The minimum Gasteiger partial charge on any atom is -0.444 e. The molecule has 0 aromatic heterocycles. The Balaban J connectivity index is 2.75. The monoisotopic (exact) mass is 270 g/mol. The first-order valence-electron chi connectivity index (χ1n) is 5.59. The van der Waals surface area contributed by atoms with Gasteiger partial charge in [0.1, 0.15) is 11.4 Å². The van der Waals surface area contributed by atoms with E-state index in [1.54, 1.807) is 20.8 Å². The third-order valence-corrected chi connectivity index (χ3v) is 2.06. The van der Waals surface area contributed by atoms with Crippen molar-refractivity contribution in [3.05, 3.63) is 39.7 Å². The van der Waals surface area contributed by atoms with Gasteiger partial charge in [0.2, 0.25) is 0 Å². The number of nitrogens with one attached hydrogen (secondary N) is 1. The first kappa shape index (κ1) is 14.9. The van der Waals surface area contributed by atoms with Crippen LogP contribution in [0.1, 0.15) is 26.3 Å². The Bertz CT molecular complexity index is 497. The Kier molecular flexibility index (Phi) is 4.42. The molecule has 0 radical (unpaired) electrons. The quantitative estimate of drug-likeness (QED) is 0.676. The lowest BCUT2D eigenvalue weighted by atomic mass is 10.1. The van der Waals surface area contributed by atoms with Crippen LogP contribution in [0.2, 0.25) is 0 Å². The highest BCUT2D eigenvalue weighted by Crippen LogP contribution is 2.19. The number of benzene rings is 1. The van der Waals surface area contributed by atoms with Crippen molar-refractivity contribution in [3.8, 4) is 0 Å². The Morgan fingerprint density at radius 3 is 2.63 bits per heavy atom. The Labute approximate surface area is 109 Å². The highest BCUT2D eigenvalue weighted by molar-refractivity contribution is 5.67. The number of rotatable bonds is 3. The largest absolute Gasteiger partial charge is 0.444 e. The van der Waals surface area contributed by atoms with Crippen LogP contribution in [0.15, 0.2) is 18.2 Å². The van der Waals surface area contributed by atoms with Crippen molar-refractivity contribution in [2.75, 3.05) is 0 Å². The van der Waals surface area contributed by atoms with Crippen molar-refractivity contribution in [1.29, 1.82) is 0 Å². The Hall–Kier alpha value is -2.18. The predicted octanol–water partition coefficient (Wildman–Crippen LogP) is 2.76. The molecule has 0 fully saturated rings. The fraction of sp³-hybridized carbons (Fsp3) is 0.417. The zero-order valence-electron chi connectivity index (χ0n) is 10.9. The second-order valence-corrected chi connectivity index (χ2v) is 4.89. The summed E-state index contributed by atoms with van der Waals surface area (Å²) in [5.74, 6) is -0.605. The van der Waals surface area contributed by atoms with Gasteiger partial charge in [-0.05, 0) is 32.9 Å². The van der Waals surface area contributed by atoms with E-state index in [0.29, 0.717) is 0 Å². The van der Waals surface area contributed by atoms with Gasteiger partial charge in [0, 0.05) is 6.07 Å². The predicted molar refractivity (Wildman–Crippen MR) is 66.1 cm³/mol. The second kappa shape index (κ2) is 5.64. The van der Waals surface area contributed by atoms with Crippen LogP contribution < -0.4 is 5.32 Å². The van der Waals surface area contributed by atoms with Crippen LogP contribution in [-0.4, -0.2) is 16.6 Å². The van der Waals surface area contributed by atoms with Crippen molar-refractivity contribution in [2.24, 2.45) is 0 Å². The van der Waals surface area contributed by atoms with Gasteiger partial charge in [-0.15, -0.1) is 0 Å². The molecule has 1 amide bonds. The molecule has 0 unspecified atom stereocenters. The van der Waals surface area contributed by atoms with Gasteiger partial charge >= 0.3 is 6.09 Å². The summed E-state index contributed by atoms with van der Waals surface area (Å²) >= 11 is 0. The van der Waals surface area contributed by atoms with Crippen LogP contribution in [0.25, 0.3) is 0 Å². The van der Waals surface area contributed by atoms with Gasteiger partial charge in [-0.25, -0.2) is 9.18 Å². The van der Waals surface area contributed by atoms with Crippen molar-refractivity contribution in [1.82, 2.24) is 5.32 Å². The van der Waals surface area contributed by atoms with Crippen LogP contribution in [0, 0.1) is 15.9 Å². The SMILES string of the molecule is CC(C)(C)OC(=O)NCc1cc(F)ccc1[N+](=O)[O-]. The van der Waals surface area contributed by atoms with Gasteiger partial charge in [0.15, 0.2) is 0 Å². The van der Waals surface area contributed by atoms with Crippen LogP contribution in [0.4, 0.5) is 14.9 Å². The van der Waals surface area contributed by atoms with E-state index in [1.807, 2.05) is 0 Å². The van der Waals surface area contributed by atoms with Gasteiger partial charge in [-0.1, -0.05) is 0 Å². The van der Waals surface area contributed by atoms with Gasteiger partial charge in [0.25, 0.3) is 5.69 Å². The molecule has 0 heterocycles. The summed E-state index contributed by atoms with van der Waals surface area (Å²) in [6, 6.07) is 3.06. The molecule has 0 aliphatic heterocycles. The van der Waals surface area contributed by atoms with Crippen molar-refractivity contribution < 1.29 is 18.8 Å². The van der Waals surface area contributed by atoms with E-state index in [0.717, 1.165) is 18.2 Å². The lowest BCUT2D eigenvalue weighted by molar-refractivity contribution is -0.385. The van der Waals surface area contributed by atoms with Crippen molar-refractivity contribution in [3.63, 3.8) is 0 Å². The average molecular weight is 270 g/mol. The van der Waals surface area contributed by atoms with E-state index in [4.69, 9.17) is 4.74 Å². The zero-order valence-corrected chi connectivity index (χ0v) is 10.9. The molecule has 0 saturated carbocycles. The molecule has 1 N–H and O–H groups in total. The molecule has 7 heteroatoms. The summed E-state index contributed by atoms with van der Waals surface area (Å²) in [6.45, 7) is 4.90. The summed E-state index contributed by atoms with van der Waals surface area (Å²) in [7, 11) is 0. The molecule has 1 rings (SSSR count). The molecule has 0 aliphatic carbocycles. The third-order valence-electron chi connectivity index (χ3n) is 2.06. The molecule has 0 aliphatic rings. The smallest absolute Gasteiger partial charge is 0.407 e. The number of nitrogens with zero attached hydrogens (tertiary/aromatic N) is 1.